The molecule has 0 aliphatic carbocycles. The van der Waals surface area contributed by atoms with Gasteiger partial charge in [0.2, 0.25) is 0 Å². The Kier molecular flexibility index (Phi) is 3.06. The SMILES string of the molecule is CCOC(=O)c1ccc(F)c(C)c1N. The highest BCUT2D eigenvalue weighted by molar-refractivity contribution is 5.95. The third kappa shape index (κ3) is 1.84. The number of carbonyl (C=O) groups excluding carboxylic acids is 1. The van der Waals surface area contributed by atoms with Crippen LogP contribution in [0.5, 0.6) is 0 Å². The number of nitrogens with two attached hydrogens (primary N) is 1. The molecule has 1 rings (SSSR count). The Balaban J connectivity index is 3.11. The van der Waals surface area contributed by atoms with Gasteiger partial charge >= 0.3 is 5.97 Å². The number of esters is 1. The van der Waals surface area contributed by atoms with Crippen LogP contribution in [0.25, 0.3) is 0 Å². The van der Waals surface area contributed by atoms with E-state index in [1.54, 1.807) is 6.92 Å². The van der Waals surface area contributed by atoms with E-state index in [9.17, 15) is 9.18 Å². The Bertz CT molecular complexity index is 363. The van der Waals surface area contributed by atoms with Gasteiger partial charge in [0.05, 0.1) is 17.9 Å². The molecule has 3 nitrogen and oxygen atoms in total. The second-order valence-electron chi connectivity index (χ2n) is 2.85. The minimum atomic E-state index is -0.520. The molecule has 0 aliphatic rings. The molecule has 4 heteroatoms. The van der Waals surface area contributed by atoms with Gasteiger partial charge in [-0.1, -0.05) is 0 Å². The Morgan fingerprint density at radius 2 is 2.21 bits per heavy atom. The van der Waals surface area contributed by atoms with Crippen molar-refractivity contribution in [2.24, 2.45) is 0 Å². The molecule has 0 amide bonds. The molecular formula is C10H12FNO2. The van der Waals surface area contributed by atoms with Crippen molar-refractivity contribution in [1.29, 1.82) is 0 Å². The van der Waals surface area contributed by atoms with Crippen LogP contribution >= 0.6 is 0 Å². The molecule has 0 fully saturated rings. The fourth-order valence-electron chi connectivity index (χ4n) is 1.09. The minimum Gasteiger partial charge on any atom is -0.462 e. The lowest BCUT2D eigenvalue weighted by atomic mass is 10.1. The third-order valence-corrected chi connectivity index (χ3v) is 1.94. The topological polar surface area (TPSA) is 52.3 Å². The molecule has 76 valence electrons. The van der Waals surface area contributed by atoms with Crippen LogP contribution in [-0.2, 0) is 4.74 Å². The van der Waals surface area contributed by atoms with Crippen LogP contribution in [0.2, 0.25) is 0 Å². The van der Waals surface area contributed by atoms with Crippen LogP contribution in [0, 0.1) is 12.7 Å². The Morgan fingerprint density at radius 3 is 2.79 bits per heavy atom. The first-order chi connectivity index (χ1) is 6.57. The molecular weight excluding hydrogens is 185 g/mol. The summed E-state index contributed by atoms with van der Waals surface area (Å²) in [5, 5.41) is 0. The maximum absolute atomic E-state index is 13.0. The molecule has 0 atom stereocenters. The molecule has 2 N–H and O–H groups in total. The first-order valence-corrected chi connectivity index (χ1v) is 4.29. The number of halogens is 1. The van der Waals surface area contributed by atoms with Crippen molar-refractivity contribution >= 4 is 11.7 Å². The van der Waals surface area contributed by atoms with E-state index in [4.69, 9.17) is 10.5 Å². The molecule has 0 aromatic heterocycles. The molecule has 1 aromatic carbocycles. The zero-order chi connectivity index (χ0) is 10.7. The highest BCUT2D eigenvalue weighted by Crippen LogP contribution is 2.20. The van der Waals surface area contributed by atoms with Gasteiger partial charge in [0.25, 0.3) is 0 Å². The van der Waals surface area contributed by atoms with Crippen molar-refractivity contribution < 1.29 is 13.9 Å². The molecule has 14 heavy (non-hydrogen) atoms. The number of hydrogen-bond acceptors (Lipinski definition) is 3. The third-order valence-electron chi connectivity index (χ3n) is 1.94. The van der Waals surface area contributed by atoms with Gasteiger partial charge in [-0.25, -0.2) is 9.18 Å². The van der Waals surface area contributed by atoms with Gasteiger partial charge in [0, 0.05) is 5.56 Å². The van der Waals surface area contributed by atoms with Gasteiger partial charge in [0.1, 0.15) is 5.82 Å². The molecule has 0 unspecified atom stereocenters. The lowest BCUT2D eigenvalue weighted by molar-refractivity contribution is 0.0527. The number of hydrogen-bond donors (Lipinski definition) is 1. The molecule has 0 saturated carbocycles. The van der Waals surface area contributed by atoms with E-state index in [0.29, 0.717) is 0 Å². The molecule has 1 aromatic rings. The van der Waals surface area contributed by atoms with E-state index >= 15 is 0 Å². The summed E-state index contributed by atoms with van der Waals surface area (Å²) in [7, 11) is 0. The van der Waals surface area contributed by atoms with Gasteiger partial charge in [0.15, 0.2) is 0 Å². The van der Waals surface area contributed by atoms with Crippen LogP contribution in [0.4, 0.5) is 10.1 Å². The fourth-order valence-corrected chi connectivity index (χ4v) is 1.09. The summed E-state index contributed by atoms with van der Waals surface area (Å²) >= 11 is 0. The van der Waals surface area contributed by atoms with E-state index in [-0.39, 0.29) is 23.4 Å². The summed E-state index contributed by atoms with van der Waals surface area (Å²) in [5.41, 5.74) is 6.20. The molecule has 0 bridgehead atoms. The van der Waals surface area contributed by atoms with Crippen molar-refractivity contribution in [2.45, 2.75) is 13.8 Å². The number of benzene rings is 1. The molecule has 0 spiro atoms. The van der Waals surface area contributed by atoms with E-state index in [1.165, 1.54) is 19.1 Å². The summed E-state index contributed by atoms with van der Waals surface area (Å²) in [6.45, 7) is 3.49. The van der Waals surface area contributed by atoms with E-state index in [2.05, 4.69) is 0 Å². The zero-order valence-electron chi connectivity index (χ0n) is 8.13. The summed E-state index contributed by atoms with van der Waals surface area (Å²) in [4.78, 5) is 11.3. The van der Waals surface area contributed by atoms with E-state index < -0.39 is 11.8 Å². The standard InChI is InChI=1S/C10H12FNO2/c1-3-14-10(13)7-4-5-8(11)6(2)9(7)12/h4-5H,3,12H2,1-2H3. The average Bonchev–Trinajstić information content (AvgIpc) is 2.15. The largest absolute Gasteiger partial charge is 0.462 e. The highest BCUT2D eigenvalue weighted by atomic mass is 19.1. The number of ether oxygens (including phenoxy) is 1. The molecule has 0 saturated heterocycles. The van der Waals surface area contributed by atoms with Crippen molar-refractivity contribution in [1.82, 2.24) is 0 Å². The molecule has 0 radical (unpaired) electrons. The van der Waals surface area contributed by atoms with Crippen LogP contribution in [0.1, 0.15) is 22.8 Å². The highest BCUT2D eigenvalue weighted by Gasteiger charge is 2.14. The lowest BCUT2D eigenvalue weighted by Gasteiger charge is -2.07. The molecule has 0 heterocycles. The van der Waals surface area contributed by atoms with Crippen LogP contribution in [0.15, 0.2) is 12.1 Å². The van der Waals surface area contributed by atoms with Crippen molar-refractivity contribution in [2.75, 3.05) is 12.3 Å². The Hall–Kier alpha value is -1.58. The maximum atomic E-state index is 13.0. The van der Waals surface area contributed by atoms with Crippen molar-refractivity contribution in [3.8, 4) is 0 Å². The monoisotopic (exact) mass is 197 g/mol. The average molecular weight is 197 g/mol. The van der Waals surface area contributed by atoms with Crippen LogP contribution in [0.3, 0.4) is 0 Å². The minimum absolute atomic E-state index is 0.142. The maximum Gasteiger partial charge on any atom is 0.340 e. The summed E-state index contributed by atoms with van der Waals surface area (Å²) in [6, 6.07) is 2.54. The number of anilines is 1. The predicted molar refractivity (Wildman–Crippen MR) is 51.5 cm³/mol. The first-order valence-electron chi connectivity index (χ1n) is 4.29. The zero-order valence-corrected chi connectivity index (χ0v) is 8.13. The normalized spacial score (nSPS) is 9.93. The second kappa shape index (κ2) is 4.09. The lowest BCUT2D eigenvalue weighted by Crippen LogP contribution is -2.09. The van der Waals surface area contributed by atoms with Crippen molar-refractivity contribution in [3.05, 3.63) is 29.1 Å². The van der Waals surface area contributed by atoms with Crippen LogP contribution in [-0.4, -0.2) is 12.6 Å². The van der Waals surface area contributed by atoms with Gasteiger partial charge in [-0.2, -0.15) is 0 Å². The Labute approximate surface area is 81.7 Å². The van der Waals surface area contributed by atoms with Crippen LogP contribution < -0.4 is 5.73 Å². The summed E-state index contributed by atoms with van der Waals surface area (Å²) in [5.74, 6) is -0.941. The second-order valence-corrected chi connectivity index (χ2v) is 2.85. The number of carbonyl (C=O) groups is 1. The predicted octanol–water partition coefficient (Wildman–Crippen LogP) is 1.89. The van der Waals surface area contributed by atoms with Gasteiger partial charge in [-0.15, -0.1) is 0 Å². The quantitative estimate of drug-likeness (QED) is 0.581. The van der Waals surface area contributed by atoms with Crippen molar-refractivity contribution in [3.63, 3.8) is 0 Å². The number of nitrogen functional groups attached to an aromatic ring is 1. The molecule has 0 aliphatic heterocycles. The number of rotatable bonds is 2. The van der Waals surface area contributed by atoms with Gasteiger partial charge in [-0.05, 0) is 26.0 Å². The van der Waals surface area contributed by atoms with Gasteiger partial charge in [-0.3, -0.25) is 0 Å². The summed E-state index contributed by atoms with van der Waals surface area (Å²) in [6.07, 6.45) is 0. The smallest absolute Gasteiger partial charge is 0.340 e. The Morgan fingerprint density at radius 1 is 1.57 bits per heavy atom. The van der Waals surface area contributed by atoms with Gasteiger partial charge < -0.3 is 10.5 Å². The summed E-state index contributed by atoms with van der Waals surface area (Å²) < 4.78 is 17.7. The fraction of sp³-hybridized carbons (Fsp3) is 0.300. The first kappa shape index (κ1) is 10.5. The van der Waals surface area contributed by atoms with E-state index in [1.807, 2.05) is 0 Å². The van der Waals surface area contributed by atoms with E-state index in [0.717, 1.165) is 0 Å².